The Morgan fingerprint density at radius 3 is 2.31 bits per heavy atom. The number of aromatic nitrogens is 4. The van der Waals surface area contributed by atoms with Gasteiger partial charge in [0.15, 0.2) is 5.82 Å². The van der Waals surface area contributed by atoms with E-state index in [0.717, 1.165) is 46.4 Å². The maximum Gasteiger partial charge on any atom is 0.174 e. The Morgan fingerprint density at radius 1 is 1.04 bits per heavy atom. The molecule has 0 bridgehead atoms. The molecule has 6 nitrogen and oxygen atoms in total. The lowest BCUT2D eigenvalue weighted by atomic mass is 10.1. The molecule has 2 aromatic heterocycles. The van der Waals surface area contributed by atoms with Crippen molar-refractivity contribution in [3.05, 3.63) is 58.7 Å². The van der Waals surface area contributed by atoms with Crippen LogP contribution in [0.2, 0.25) is 0 Å². The van der Waals surface area contributed by atoms with Crippen LogP contribution in [0.15, 0.2) is 30.6 Å². The molecule has 26 heavy (non-hydrogen) atoms. The molecule has 0 N–H and O–H groups in total. The molecule has 0 spiro atoms. The topological polar surface area (TPSA) is 56.1 Å². The average molecular weight is 351 g/mol. The first-order chi connectivity index (χ1) is 12.4. The molecular formula is C20H25N5O. The quantitative estimate of drug-likeness (QED) is 0.704. The lowest BCUT2D eigenvalue weighted by Gasteiger charge is -2.20. The maximum absolute atomic E-state index is 5.45. The van der Waals surface area contributed by atoms with E-state index in [9.17, 15) is 0 Å². The lowest BCUT2D eigenvalue weighted by molar-refractivity contribution is 0.408. The Bertz CT molecular complexity index is 909. The van der Waals surface area contributed by atoms with Gasteiger partial charge in [-0.15, -0.1) is 0 Å². The van der Waals surface area contributed by atoms with Crippen LogP contribution in [0.1, 0.15) is 28.1 Å². The first-order valence-electron chi connectivity index (χ1n) is 8.60. The number of hydrogen-bond donors (Lipinski definition) is 0. The van der Waals surface area contributed by atoms with Gasteiger partial charge in [-0.3, -0.25) is 4.98 Å². The number of anilines is 1. The Balaban J connectivity index is 1.86. The highest BCUT2D eigenvalue weighted by molar-refractivity contribution is 5.46. The van der Waals surface area contributed by atoms with E-state index >= 15 is 0 Å². The third kappa shape index (κ3) is 3.54. The van der Waals surface area contributed by atoms with Crippen LogP contribution in [0.4, 0.5) is 5.82 Å². The van der Waals surface area contributed by atoms with Crippen molar-refractivity contribution < 1.29 is 4.74 Å². The van der Waals surface area contributed by atoms with Crippen LogP contribution in [0.3, 0.4) is 0 Å². The van der Waals surface area contributed by atoms with Gasteiger partial charge >= 0.3 is 0 Å². The molecule has 0 aliphatic heterocycles. The van der Waals surface area contributed by atoms with Crippen molar-refractivity contribution in [1.29, 1.82) is 0 Å². The van der Waals surface area contributed by atoms with Gasteiger partial charge in [-0.2, -0.15) is 5.10 Å². The van der Waals surface area contributed by atoms with Crippen LogP contribution in [0.5, 0.6) is 5.75 Å². The number of aryl methyl sites for hydroxylation is 4. The number of nitrogens with zero attached hydrogens (tertiary/aromatic N) is 5. The van der Waals surface area contributed by atoms with Crippen molar-refractivity contribution in [2.45, 2.75) is 34.2 Å². The fraction of sp³-hybridized carbons (Fsp3) is 0.350. The zero-order chi connectivity index (χ0) is 18.8. The monoisotopic (exact) mass is 351 g/mol. The van der Waals surface area contributed by atoms with Crippen LogP contribution in [0, 0.1) is 27.7 Å². The Kier molecular flexibility index (Phi) is 4.93. The minimum Gasteiger partial charge on any atom is -0.496 e. The van der Waals surface area contributed by atoms with Gasteiger partial charge in [-0.05, 0) is 50.5 Å². The standard InChI is InChI=1S/C20H25N5O/c1-13-7-17(8-14(2)20(13)26-6)12-24(5)18-10-21-11-19(22-18)25-16(4)9-15(3)23-25/h7-11H,12H2,1-6H3. The second kappa shape index (κ2) is 7.15. The van der Waals surface area contributed by atoms with E-state index in [1.165, 1.54) is 5.56 Å². The molecule has 2 heterocycles. The molecule has 1 aromatic carbocycles. The van der Waals surface area contributed by atoms with E-state index in [2.05, 4.69) is 41.0 Å². The molecule has 0 atom stereocenters. The summed E-state index contributed by atoms with van der Waals surface area (Å²) in [6, 6.07) is 6.34. The molecule has 3 rings (SSSR count). The molecule has 6 heteroatoms. The fourth-order valence-electron chi connectivity index (χ4n) is 3.30. The van der Waals surface area contributed by atoms with Crippen LogP contribution < -0.4 is 9.64 Å². The number of benzene rings is 1. The van der Waals surface area contributed by atoms with Gasteiger partial charge in [0.05, 0.1) is 25.2 Å². The molecule has 0 fully saturated rings. The second-order valence-electron chi connectivity index (χ2n) is 6.69. The third-order valence-corrected chi connectivity index (χ3v) is 4.37. The van der Waals surface area contributed by atoms with E-state index in [-0.39, 0.29) is 0 Å². The first kappa shape index (κ1) is 17.9. The molecule has 136 valence electrons. The van der Waals surface area contributed by atoms with Gasteiger partial charge < -0.3 is 9.64 Å². The average Bonchev–Trinajstić information content (AvgIpc) is 2.93. The summed E-state index contributed by atoms with van der Waals surface area (Å²) in [5, 5.41) is 4.49. The SMILES string of the molecule is COc1c(C)cc(CN(C)c2cncc(-n3nc(C)cc3C)n2)cc1C. The van der Waals surface area contributed by atoms with Crippen molar-refractivity contribution in [3.63, 3.8) is 0 Å². The van der Waals surface area contributed by atoms with Crippen molar-refractivity contribution in [2.24, 2.45) is 0 Å². The number of rotatable bonds is 5. The Morgan fingerprint density at radius 2 is 1.73 bits per heavy atom. The van der Waals surface area contributed by atoms with Crippen LogP contribution in [-0.4, -0.2) is 33.9 Å². The highest BCUT2D eigenvalue weighted by Gasteiger charge is 2.11. The van der Waals surface area contributed by atoms with Crippen LogP contribution in [-0.2, 0) is 6.54 Å². The predicted molar refractivity (Wildman–Crippen MR) is 103 cm³/mol. The Labute approximate surface area is 154 Å². The first-order valence-corrected chi connectivity index (χ1v) is 8.60. The molecule has 0 saturated carbocycles. The highest BCUT2D eigenvalue weighted by atomic mass is 16.5. The molecule has 0 saturated heterocycles. The van der Waals surface area contributed by atoms with E-state index < -0.39 is 0 Å². The summed E-state index contributed by atoms with van der Waals surface area (Å²) in [5.41, 5.74) is 5.49. The summed E-state index contributed by atoms with van der Waals surface area (Å²) in [5.74, 6) is 2.48. The zero-order valence-corrected chi connectivity index (χ0v) is 16.2. The van der Waals surface area contributed by atoms with E-state index in [0.29, 0.717) is 0 Å². The van der Waals surface area contributed by atoms with Crippen molar-refractivity contribution >= 4 is 5.82 Å². The number of ether oxygens (including phenoxy) is 1. The van der Waals surface area contributed by atoms with Gasteiger partial charge in [0.1, 0.15) is 11.6 Å². The zero-order valence-electron chi connectivity index (χ0n) is 16.2. The second-order valence-corrected chi connectivity index (χ2v) is 6.69. The summed E-state index contributed by atoms with van der Waals surface area (Å²) in [4.78, 5) is 11.2. The summed E-state index contributed by atoms with van der Waals surface area (Å²) < 4.78 is 7.27. The van der Waals surface area contributed by atoms with Gasteiger partial charge in [0, 0.05) is 19.3 Å². The van der Waals surface area contributed by atoms with Crippen molar-refractivity contribution in [2.75, 3.05) is 19.1 Å². The van der Waals surface area contributed by atoms with Gasteiger partial charge in [-0.1, -0.05) is 12.1 Å². The van der Waals surface area contributed by atoms with E-state index in [4.69, 9.17) is 9.72 Å². The summed E-state index contributed by atoms with van der Waals surface area (Å²) >= 11 is 0. The van der Waals surface area contributed by atoms with Crippen LogP contribution >= 0.6 is 0 Å². The fourth-order valence-corrected chi connectivity index (χ4v) is 3.30. The van der Waals surface area contributed by atoms with Crippen LogP contribution in [0.25, 0.3) is 5.82 Å². The van der Waals surface area contributed by atoms with Gasteiger partial charge in [-0.25, -0.2) is 9.67 Å². The normalized spacial score (nSPS) is 10.8. The molecule has 3 aromatic rings. The lowest BCUT2D eigenvalue weighted by Crippen LogP contribution is -2.19. The van der Waals surface area contributed by atoms with Crippen molar-refractivity contribution in [3.8, 4) is 11.6 Å². The maximum atomic E-state index is 5.45. The number of methoxy groups -OCH3 is 1. The summed E-state index contributed by atoms with van der Waals surface area (Å²) in [6.45, 7) is 8.86. The molecular weight excluding hydrogens is 326 g/mol. The molecule has 0 radical (unpaired) electrons. The Hall–Kier alpha value is -2.89. The molecule has 0 amide bonds. The summed E-state index contributed by atoms with van der Waals surface area (Å²) in [7, 11) is 3.73. The number of hydrogen-bond acceptors (Lipinski definition) is 5. The minimum absolute atomic E-state index is 0.724. The molecule has 0 unspecified atom stereocenters. The van der Waals surface area contributed by atoms with Crippen molar-refractivity contribution in [1.82, 2.24) is 19.7 Å². The van der Waals surface area contributed by atoms with E-state index in [1.807, 2.05) is 31.6 Å². The van der Waals surface area contributed by atoms with Gasteiger partial charge in [0.25, 0.3) is 0 Å². The third-order valence-electron chi connectivity index (χ3n) is 4.37. The largest absolute Gasteiger partial charge is 0.496 e. The minimum atomic E-state index is 0.724. The molecule has 0 aliphatic carbocycles. The van der Waals surface area contributed by atoms with Gasteiger partial charge in [0.2, 0.25) is 0 Å². The summed E-state index contributed by atoms with van der Waals surface area (Å²) in [6.07, 6.45) is 3.51. The predicted octanol–water partition coefficient (Wildman–Crippen LogP) is 3.54. The van der Waals surface area contributed by atoms with E-state index in [1.54, 1.807) is 19.5 Å². The molecule has 0 aliphatic rings. The smallest absolute Gasteiger partial charge is 0.174 e. The highest BCUT2D eigenvalue weighted by Crippen LogP contribution is 2.25.